The van der Waals surface area contributed by atoms with Crippen LogP contribution in [-0.2, 0) is 4.79 Å². The lowest BCUT2D eigenvalue weighted by atomic mass is 10.1. The number of dihydropyridines is 1. The number of halogens is 4. The van der Waals surface area contributed by atoms with Gasteiger partial charge in [-0.15, -0.1) is 0 Å². The minimum Gasteiger partial charge on any atom is -0.272 e. The van der Waals surface area contributed by atoms with E-state index in [0.29, 0.717) is 0 Å². The topological polar surface area (TPSA) is 29.4 Å². The maximum absolute atomic E-state index is 12.0. The Hall–Kier alpha value is -0.650. The van der Waals surface area contributed by atoms with Gasteiger partial charge in [0.05, 0.1) is 0 Å². The van der Waals surface area contributed by atoms with Crippen molar-refractivity contribution in [1.82, 2.24) is 0 Å². The van der Waals surface area contributed by atoms with Crippen molar-refractivity contribution in [2.24, 2.45) is 10.9 Å². The largest absolute Gasteiger partial charge is 0.404 e. The average Bonchev–Trinajstić information content (AvgIpc) is 1.92. The molecule has 0 spiro atoms. The van der Waals surface area contributed by atoms with Crippen LogP contribution < -0.4 is 0 Å². The highest BCUT2D eigenvalue weighted by molar-refractivity contribution is 9.12. The number of carbonyl (C=O) groups excluding carboxylic acids is 1. The smallest absolute Gasteiger partial charge is 0.272 e. The van der Waals surface area contributed by atoms with Gasteiger partial charge >= 0.3 is 6.18 Å². The van der Waals surface area contributed by atoms with Crippen molar-refractivity contribution in [3.05, 3.63) is 10.6 Å². The van der Waals surface area contributed by atoms with E-state index in [1.807, 2.05) is 0 Å². The average molecular weight is 242 g/mol. The summed E-state index contributed by atoms with van der Waals surface area (Å²) in [6, 6.07) is 0. The van der Waals surface area contributed by atoms with E-state index in [2.05, 4.69) is 20.9 Å². The second kappa shape index (κ2) is 3.01. The van der Waals surface area contributed by atoms with Crippen LogP contribution in [0.15, 0.2) is 15.6 Å². The summed E-state index contributed by atoms with van der Waals surface area (Å²) in [4.78, 5) is 13.7. The third-order valence-corrected chi connectivity index (χ3v) is 1.73. The predicted octanol–water partition coefficient (Wildman–Crippen LogP) is 2.05. The van der Waals surface area contributed by atoms with Crippen molar-refractivity contribution < 1.29 is 18.0 Å². The van der Waals surface area contributed by atoms with Gasteiger partial charge in [0.2, 0.25) is 0 Å². The Labute approximate surface area is 74.3 Å². The molecule has 1 aliphatic heterocycles. The van der Waals surface area contributed by atoms with Gasteiger partial charge in [-0.05, 0) is 22.0 Å². The Morgan fingerprint density at radius 2 is 2.08 bits per heavy atom. The highest BCUT2D eigenvalue weighted by atomic mass is 79.9. The molecule has 0 bridgehead atoms. The fourth-order valence-electron chi connectivity index (χ4n) is 0.714. The van der Waals surface area contributed by atoms with Crippen LogP contribution in [0.1, 0.15) is 0 Å². The lowest BCUT2D eigenvalue weighted by molar-refractivity contribution is -0.170. The van der Waals surface area contributed by atoms with Crippen LogP contribution in [-0.4, -0.2) is 18.3 Å². The van der Waals surface area contributed by atoms with Crippen LogP contribution in [0.2, 0.25) is 0 Å². The molecule has 1 amide bonds. The molecule has 6 heteroatoms. The number of hydrogen-bond donors (Lipinski definition) is 0. The molecule has 0 N–H and O–H groups in total. The van der Waals surface area contributed by atoms with Crippen molar-refractivity contribution >= 4 is 28.1 Å². The van der Waals surface area contributed by atoms with E-state index in [4.69, 9.17) is 0 Å². The van der Waals surface area contributed by atoms with Crippen LogP contribution in [0.5, 0.6) is 0 Å². The lowest BCUT2D eigenvalue weighted by Gasteiger charge is -2.15. The molecule has 0 saturated heterocycles. The van der Waals surface area contributed by atoms with Crippen molar-refractivity contribution in [1.29, 1.82) is 0 Å². The number of amides is 1. The van der Waals surface area contributed by atoms with Crippen molar-refractivity contribution in [2.75, 3.05) is 0 Å². The van der Waals surface area contributed by atoms with Crippen LogP contribution in [0.4, 0.5) is 13.2 Å². The minimum absolute atomic E-state index is 0.171. The fraction of sp³-hybridized carbons (Fsp3) is 0.333. The van der Waals surface area contributed by atoms with Crippen LogP contribution in [0, 0.1) is 5.92 Å². The van der Waals surface area contributed by atoms with Gasteiger partial charge in [0.25, 0.3) is 5.91 Å². The van der Waals surface area contributed by atoms with Gasteiger partial charge in [-0.25, -0.2) is 4.99 Å². The Kier molecular flexibility index (Phi) is 2.36. The quantitative estimate of drug-likeness (QED) is 0.639. The summed E-state index contributed by atoms with van der Waals surface area (Å²) in [5, 5.41) is 0. The number of alkyl halides is 3. The molecule has 0 radical (unpaired) electrons. The molecule has 1 aliphatic rings. The van der Waals surface area contributed by atoms with Gasteiger partial charge in [-0.2, -0.15) is 13.2 Å². The van der Waals surface area contributed by atoms with Crippen LogP contribution in [0.25, 0.3) is 0 Å². The van der Waals surface area contributed by atoms with E-state index in [1.165, 1.54) is 0 Å². The molecule has 1 rings (SSSR count). The molecule has 2 nitrogen and oxygen atoms in total. The van der Waals surface area contributed by atoms with Gasteiger partial charge < -0.3 is 0 Å². The standard InChI is InChI=1S/C6H3BrF3NO/c7-3-1-4(6(8,9)10)5(12)11-2-3/h1-2,4H. The molecular formula is C6H3BrF3NO. The summed E-state index contributed by atoms with van der Waals surface area (Å²) >= 11 is 2.81. The molecule has 0 fully saturated rings. The predicted molar refractivity (Wildman–Crippen MR) is 40.1 cm³/mol. The highest BCUT2D eigenvalue weighted by Gasteiger charge is 2.44. The summed E-state index contributed by atoms with van der Waals surface area (Å²) in [5.41, 5.74) is 0. The Morgan fingerprint density at radius 1 is 1.50 bits per heavy atom. The van der Waals surface area contributed by atoms with E-state index >= 15 is 0 Å². The molecule has 66 valence electrons. The molecule has 0 aliphatic carbocycles. The van der Waals surface area contributed by atoms with Gasteiger partial charge in [0.1, 0.15) is 0 Å². The number of allylic oxidation sites excluding steroid dienone is 1. The van der Waals surface area contributed by atoms with E-state index < -0.39 is 18.0 Å². The minimum atomic E-state index is -4.55. The van der Waals surface area contributed by atoms with Gasteiger partial charge in [0, 0.05) is 10.7 Å². The SMILES string of the molecule is O=C1N=CC(Br)=CC1C(F)(F)F. The number of carbonyl (C=O) groups is 1. The fourth-order valence-corrected chi connectivity index (χ4v) is 1.08. The number of hydrogen-bond acceptors (Lipinski definition) is 1. The summed E-state index contributed by atoms with van der Waals surface area (Å²) < 4.78 is 36.2. The number of nitrogens with zero attached hydrogens (tertiary/aromatic N) is 1. The molecule has 0 aromatic heterocycles. The third kappa shape index (κ3) is 1.94. The number of aliphatic imine (C=N–C) groups is 1. The monoisotopic (exact) mass is 241 g/mol. The molecule has 1 heterocycles. The summed E-state index contributed by atoms with van der Waals surface area (Å²) in [5.74, 6) is -3.28. The Balaban J connectivity index is 2.93. The molecule has 12 heavy (non-hydrogen) atoms. The van der Waals surface area contributed by atoms with Crippen LogP contribution in [0.3, 0.4) is 0 Å². The maximum atomic E-state index is 12.0. The van der Waals surface area contributed by atoms with E-state index in [1.54, 1.807) is 0 Å². The molecule has 0 aromatic rings. The molecule has 1 atom stereocenters. The normalized spacial score (nSPS) is 24.2. The first-order valence-corrected chi connectivity index (χ1v) is 3.72. The molecular weight excluding hydrogens is 239 g/mol. The summed E-state index contributed by atoms with van der Waals surface area (Å²) in [6.07, 6.45) is -2.71. The van der Waals surface area contributed by atoms with Gasteiger partial charge in [0.15, 0.2) is 5.92 Å². The maximum Gasteiger partial charge on any atom is 0.404 e. The first-order chi connectivity index (χ1) is 5.41. The lowest BCUT2D eigenvalue weighted by Crippen LogP contribution is -2.29. The zero-order chi connectivity index (χ0) is 9.35. The van der Waals surface area contributed by atoms with Gasteiger partial charge in [-0.3, -0.25) is 4.79 Å². The van der Waals surface area contributed by atoms with E-state index in [9.17, 15) is 18.0 Å². The van der Waals surface area contributed by atoms with Crippen molar-refractivity contribution in [2.45, 2.75) is 6.18 Å². The zero-order valence-electron chi connectivity index (χ0n) is 5.60. The zero-order valence-corrected chi connectivity index (χ0v) is 7.19. The van der Waals surface area contributed by atoms with E-state index in [0.717, 1.165) is 12.3 Å². The van der Waals surface area contributed by atoms with Crippen molar-refractivity contribution in [3.63, 3.8) is 0 Å². The second-order valence-corrected chi connectivity index (χ2v) is 3.08. The third-order valence-electron chi connectivity index (χ3n) is 1.26. The summed E-state index contributed by atoms with van der Waals surface area (Å²) in [6.45, 7) is 0. The number of rotatable bonds is 0. The van der Waals surface area contributed by atoms with Gasteiger partial charge in [-0.1, -0.05) is 0 Å². The van der Waals surface area contributed by atoms with Crippen LogP contribution >= 0.6 is 15.9 Å². The van der Waals surface area contributed by atoms with E-state index in [-0.39, 0.29) is 4.48 Å². The second-order valence-electron chi connectivity index (χ2n) is 2.17. The highest BCUT2D eigenvalue weighted by Crippen LogP contribution is 2.31. The molecule has 1 unspecified atom stereocenters. The Bertz CT molecular complexity index is 268. The van der Waals surface area contributed by atoms with Crippen molar-refractivity contribution in [3.8, 4) is 0 Å². The molecule has 0 saturated carbocycles. The Morgan fingerprint density at radius 3 is 2.50 bits per heavy atom. The summed E-state index contributed by atoms with van der Waals surface area (Å²) in [7, 11) is 0. The first-order valence-electron chi connectivity index (χ1n) is 2.93. The molecule has 0 aromatic carbocycles. The first kappa shape index (κ1) is 9.44.